The summed E-state index contributed by atoms with van der Waals surface area (Å²) in [6.07, 6.45) is 55.2. The maximum atomic E-state index is 12.6. The van der Waals surface area contributed by atoms with Gasteiger partial charge in [0, 0.05) is 19.4 Å². The smallest absolute Gasteiger partial charge is 0.462 e. The van der Waals surface area contributed by atoms with E-state index in [4.69, 9.17) is 24.3 Å². The predicted molar refractivity (Wildman–Crippen MR) is 261 cm³/mol. The lowest BCUT2D eigenvalue weighted by molar-refractivity contribution is -0.161. The highest BCUT2D eigenvalue weighted by Gasteiger charge is 2.26. The summed E-state index contributed by atoms with van der Waals surface area (Å²) >= 11 is 0. The molecule has 0 fully saturated rings. The first-order valence-corrected chi connectivity index (χ1v) is 27.8. The predicted octanol–water partition coefficient (Wildman–Crippen LogP) is 15.9. The van der Waals surface area contributed by atoms with Gasteiger partial charge in [0.25, 0.3) is 0 Å². The normalized spacial score (nSPS) is 13.3. The highest BCUT2D eigenvalue weighted by molar-refractivity contribution is 7.47. The minimum Gasteiger partial charge on any atom is -0.462 e. The Kier molecular flexibility index (Phi) is 47.7. The number of hydrogen-bond donors (Lipinski definition) is 2. The van der Waals surface area contributed by atoms with Gasteiger partial charge < -0.3 is 20.1 Å². The van der Waals surface area contributed by atoms with Crippen LogP contribution in [0.4, 0.5) is 0 Å². The summed E-state index contributed by atoms with van der Waals surface area (Å²) in [5.41, 5.74) is 5.36. The van der Waals surface area contributed by atoms with E-state index in [1.807, 2.05) is 0 Å². The molecule has 2 unspecified atom stereocenters. The quantitative estimate of drug-likeness (QED) is 0.0265. The van der Waals surface area contributed by atoms with E-state index in [0.29, 0.717) is 6.42 Å². The molecule has 9 nitrogen and oxygen atoms in total. The summed E-state index contributed by atoms with van der Waals surface area (Å²) in [7, 11) is -4.38. The molecule has 0 aromatic heterocycles. The van der Waals surface area contributed by atoms with Gasteiger partial charge in [-0.2, -0.15) is 0 Å². The van der Waals surface area contributed by atoms with Crippen molar-refractivity contribution in [3.63, 3.8) is 0 Å². The molecule has 0 amide bonds. The molecular weight excluding hydrogens is 798 g/mol. The lowest BCUT2D eigenvalue weighted by Gasteiger charge is -2.19. The van der Waals surface area contributed by atoms with Crippen molar-refractivity contribution >= 4 is 19.8 Å². The Morgan fingerprint density at radius 2 is 0.855 bits per heavy atom. The molecule has 3 N–H and O–H groups in total. The molecule has 0 radical (unpaired) electrons. The van der Waals surface area contributed by atoms with Gasteiger partial charge in [-0.1, -0.05) is 237 Å². The highest BCUT2D eigenvalue weighted by Crippen LogP contribution is 2.43. The molecule has 0 saturated carbocycles. The molecule has 0 spiro atoms. The van der Waals surface area contributed by atoms with Gasteiger partial charge in [-0.15, -0.1) is 0 Å². The Balaban J connectivity index is 3.91. The van der Waals surface area contributed by atoms with Crippen molar-refractivity contribution < 1.29 is 37.6 Å². The maximum Gasteiger partial charge on any atom is 0.472 e. The fourth-order valence-electron chi connectivity index (χ4n) is 7.65. The minimum atomic E-state index is -4.38. The molecule has 0 rings (SSSR count). The Morgan fingerprint density at radius 3 is 1.27 bits per heavy atom. The minimum absolute atomic E-state index is 0.0527. The van der Waals surface area contributed by atoms with E-state index in [1.165, 1.54) is 167 Å². The van der Waals surface area contributed by atoms with Gasteiger partial charge in [-0.3, -0.25) is 18.6 Å². The number of esters is 2. The SMILES string of the molecule is CCCC/C=C\C/C=C\CCCCCCCC(=O)OC(COC(=O)CCCCCCCCCCCCCCCCCCCCCCCCCCCCC)COP(=O)(O)OCCN. The molecule has 2 atom stereocenters. The molecule has 0 aliphatic rings. The zero-order valence-electron chi connectivity index (χ0n) is 40.6. The molecule has 0 bridgehead atoms. The lowest BCUT2D eigenvalue weighted by atomic mass is 10.0. The second kappa shape index (κ2) is 48.9. The first-order valence-electron chi connectivity index (χ1n) is 26.3. The average Bonchev–Trinajstić information content (AvgIpc) is 3.26. The molecule has 0 aliphatic carbocycles. The van der Waals surface area contributed by atoms with Crippen molar-refractivity contribution in [2.75, 3.05) is 26.4 Å². The second-order valence-electron chi connectivity index (χ2n) is 17.8. The fraction of sp³-hybridized carbons (Fsp3) is 0.885. The topological polar surface area (TPSA) is 134 Å². The van der Waals surface area contributed by atoms with Crippen LogP contribution in [-0.4, -0.2) is 49.3 Å². The van der Waals surface area contributed by atoms with Crippen LogP contribution in [-0.2, 0) is 32.7 Å². The Morgan fingerprint density at radius 1 is 0.484 bits per heavy atom. The van der Waals surface area contributed by atoms with Crippen molar-refractivity contribution in [3.8, 4) is 0 Å². The van der Waals surface area contributed by atoms with Gasteiger partial charge in [-0.05, 0) is 38.5 Å². The summed E-state index contributed by atoms with van der Waals surface area (Å²) < 4.78 is 32.9. The number of ether oxygens (including phenoxy) is 2. The maximum absolute atomic E-state index is 12.6. The molecule has 62 heavy (non-hydrogen) atoms. The van der Waals surface area contributed by atoms with E-state index < -0.39 is 26.5 Å². The third kappa shape index (κ3) is 48.0. The molecule has 0 heterocycles. The molecule has 10 heteroatoms. The zero-order valence-corrected chi connectivity index (χ0v) is 41.5. The molecular formula is C52H100NO8P. The summed E-state index contributed by atoms with van der Waals surface area (Å²) in [5, 5.41) is 0. The monoisotopic (exact) mass is 898 g/mol. The summed E-state index contributed by atoms with van der Waals surface area (Å²) in [6, 6.07) is 0. The Bertz CT molecular complexity index is 1070. The van der Waals surface area contributed by atoms with Crippen molar-refractivity contribution in [2.45, 2.75) is 270 Å². The van der Waals surface area contributed by atoms with E-state index >= 15 is 0 Å². The van der Waals surface area contributed by atoms with Crippen LogP contribution in [0.1, 0.15) is 264 Å². The van der Waals surface area contributed by atoms with Crippen molar-refractivity contribution in [3.05, 3.63) is 24.3 Å². The van der Waals surface area contributed by atoms with E-state index in [0.717, 1.165) is 64.2 Å². The Labute approximate surface area is 382 Å². The van der Waals surface area contributed by atoms with Crippen LogP contribution in [0.2, 0.25) is 0 Å². The number of phosphoric acid groups is 1. The van der Waals surface area contributed by atoms with Gasteiger partial charge in [0.15, 0.2) is 6.10 Å². The van der Waals surface area contributed by atoms with E-state index in [9.17, 15) is 19.0 Å². The number of rotatable bonds is 50. The van der Waals surface area contributed by atoms with E-state index in [2.05, 4.69) is 38.2 Å². The number of hydrogen-bond acceptors (Lipinski definition) is 8. The number of unbranched alkanes of at least 4 members (excludes halogenated alkanes) is 33. The third-order valence-electron chi connectivity index (χ3n) is 11.6. The molecule has 366 valence electrons. The van der Waals surface area contributed by atoms with Crippen LogP contribution in [0.25, 0.3) is 0 Å². The summed E-state index contributed by atoms with van der Waals surface area (Å²) in [4.78, 5) is 35.0. The van der Waals surface area contributed by atoms with Gasteiger partial charge >= 0.3 is 19.8 Å². The molecule has 0 aromatic rings. The van der Waals surface area contributed by atoms with E-state index in [-0.39, 0.29) is 38.6 Å². The number of nitrogens with two attached hydrogens (primary N) is 1. The molecule has 0 aromatic carbocycles. The standard InChI is InChI=1S/C52H100NO8P/c1-3-5-7-9-11-13-15-17-19-20-21-22-23-24-25-26-27-28-29-30-31-33-34-36-38-40-42-44-51(54)58-48-50(49-60-62(56,57)59-47-46-53)61-52(55)45-43-41-39-37-35-32-18-16-14-12-10-8-6-4-2/h10,12,16,18,50H,3-9,11,13-15,17,19-49,53H2,1-2H3,(H,56,57)/b12-10-,18-16-. The summed E-state index contributed by atoms with van der Waals surface area (Å²) in [5.74, 6) is -0.832. The van der Waals surface area contributed by atoms with Gasteiger partial charge in [-0.25, -0.2) is 4.57 Å². The number of carbonyl (C=O) groups is 2. The zero-order chi connectivity index (χ0) is 45.3. The van der Waals surface area contributed by atoms with Crippen molar-refractivity contribution in [1.29, 1.82) is 0 Å². The van der Waals surface area contributed by atoms with Gasteiger partial charge in [0.2, 0.25) is 0 Å². The van der Waals surface area contributed by atoms with Crippen LogP contribution in [0.15, 0.2) is 24.3 Å². The van der Waals surface area contributed by atoms with Crippen molar-refractivity contribution in [2.24, 2.45) is 5.73 Å². The van der Waals surface area contributed by atoms with Crippen LogP contribution >= 0.6 is 7.82 Å². The Hall–Kier alpha value is -1.51. The van der Waals surface area contributed by atoms with Crippen LogP contribution in [0.5, 0.6) is 0 Å². The van der Waals surface area contributed by atoms with Crippen LogP contribution < -0.4 is 5.73 Å². The van der Waals surface area contributed by atoms with Crippen LogP contribution in [0, 0.1) is 0 Å². The first kappa shape index (κ1) is 60.5. The van der Waals surface area contributed by atoms with Gasteiger partial charge in [0.05, 0.1) is 13.2 Å². The average molecular weight is 898 g/mol. The number of phosphoric ester groups is 1. The fourth-order valence-corrected chi connectivity index (χ4v) is 8.42. The van der Waals surface area contributed by atoms with Gasteiger partial charge in [0.1, 0.15) is 6.61 Å². The largest absolute Gasteiger partial charge is 0.472 e. The number of allylic oxidation sites excluding steroid dienone is 4. The second-order valence-corrected chi connectivity index (χ2v) is 19.2. The van der Waals surface area contributed by atoms with E-state index in [1.54, 1.807) is 0 Å². The third-order valence-corrected chi connectivity index (χ3v) is 12.6. The molecule has 0 saturated heterocycles. The number of carbonyl (C=O) groups excluding carboxylic acids is 2. The highest BCUT2D eigenvalue weighted by atomic mass is 31.2. The molecule has 0 aliphatic heterocycles. The first-order chi connectivity index (χ1) is 30.3. The summed E-state index contributed by atoms with van der Waals surface area (Å²) in [6.45, 7) is 3.72. The van der Waals surface area contributed by atoms with Crippen molar-refractivity contribution in [1.82, 2.24) is 0 Å². The lowest BCUT2D eigenvalue weighted by Crippen LogP contribution is -2.29. The van der Waals surface area contributed by atoms with Crippen LogP contribution in [0.3, 0.4) is 0 Å².